The second-order valence-electron chi connectivity index (χ2n) is 2.48. The number of hydrogen-bond acceptors (Lipinski definition) is 3. The normalized spacial score (nSPS) is 13.8. The molecule has 58 valence electrons. The molecule has 0 fully saturated rings. The molecule has 0 radical (unpaired) electrons. The number of rotatable bonds is 0. The second-order valence-corrected chi connectivity index (χ2v) is 2.48. The Morgan fingerprint density at radius 3 is 3.00 bits per heavy atom. The Balaban J connectivity index is 2.85. The van der Waals surface area contributed by atoms with Gasteiger partial charge >= 0.3 is 0 Å². The highest BCUT2D eigenvalue weighted by Gasteiger charge is 2.08. The van der Waals surface area contributed by atoms with Crippen molar-refractivity contribution < 1.29 is 4.79 Å². The van der Waals surface area contributed by atoms with Crippen LogP contribution in [0.2, 0.25) is 0 Å². The quantitative estimate of drug-likeness (QED) is 0.525. The summed E-state index contributed by atoms with van der Waals surface area (Å²) in [7, 11) is 0. The van der Waals surface area contributed by atoms with Gasteiger partial charge in [0.1, 0.15) is 5.69 Å². The molecule has 0 N–H and O–H groups in total. The van der Waals surface area contributed by atoms with Gasteiger partial charge in [0, 0.05) is 12.3 Å². The first-order valence-electron chi connectivity index (χ1n) is 3.52. The molecule has 12 heavy (non-hydrogen) atoms. The highest BCUT2D eigenvalue weighted by atomic mass is 16.1. The maximum absolute atomic E-state index is 11.2. The highest BCUT2D eigenvalue weighted by molar-refractivity contribution is 6.03. The van der Waals surface area contributed by atoms with Crippen molar-refractivity contribution in [3.8, 4) is 0 Å². The van der Waals surface area contributed by atoms with Crippen LogP contribution in [-0.4, -0.2) is 10.8 Å². The Kier molecular flexibility index (Phi) is 1.37. The molecule has 0 aliphatic carbocycles. The summed E-state index contributed by atoms with van der Waals surface area (Å²) in [5.74, 6) is -0.106. The van der Waals surface area contributed by atoms with Crippen LogP contribution in [0.4, 0.5) is 0 Å². The van der Waals surface area contributed by atoms with Gasteiger partial charge in [0.15, 0.2) is 0 Å². The van der Waals surface area contributed by atoms with Crippen molar-refractivity contribution in [1.82, 2.24) is 4.98 Å². The summed E-state index contributed by atoms with van der Waals surface area (Å²) in [6.45, 7) is 3.63. The van der Waals surface area contributed by atoms with E-state index < -0.39 is 0 Å². The molecule has 2 heterocycles. The Morgan fingerprint density at radius 1 is 1.33 bits per heavy atom. The van der Waals surface area contributed by atoms with Crippen molar-refractivity contribution >= 4 is 12.4 Å². The molecular weight excluding hydrogens is 152 g/mol. The van der Waals surface area contributed by atoms with Crippen LogP contribution >= 0.6 is 0 Å². The van der Waals surface area contributed by atoms with Crippen LogP contribution < -0.4 is 10.7 Å². The van der Waals surface area contributed by atoms with Gasteiger partial charge in [0.05, 0.1) is 10.7 Å². The summed E-state index contributed by atoms with van der Waals surface area (Å²) in [6, 6.07) is 3.47. The summed E-state index contributed by atoms with van der Waals surface area (Å²) in [6.07, 6.45) is 2.88. The smallest absolute Gasteiger partial charge is 0.207 e. The first-order valence-corrected chi connectivity index (χ1v) is 3.52. The number of allylic oxidation sites excluding steroid dienone is 1. The number of ketones is 1. The average molecular weight is 158 g/mol. The van der Waals surface area contributed by atoms with E-state index in [2.05, 4.69) is 16.6 Å². The molecule has 0 saturated heterocycles. The standard InChI is InChI=1S/C9H6N2O/c1-6-2-3-7-9(11-6)8(12)4-5-10-7/h2-5H,1H2. The van der Waals surface area contributed by atoms with Crippen LogP contribution in [-0.2, 0) is 0 Å². The van der Waals surface area contributed by atoms with E-state index in [1.807, 2.05) is 0 Å². The number of carbonyl (C=O) groups excluding carboxylic acids is 1. The van der Waals surface area contributed by atoms with Crippen LogP contribution in [0.25, 0.3) is 6.58 Å². The average Bonchev–Trinajstić information content (AvgIpc) is 2.07. The van der Waals surface area contributed by atoms with Gasteiger partial charge in [0.25, 0.3) is 0 Å². The summed E-state index contributed by atoms with van der Waals surface area (Å²) < 4.78 is 0. The fourth-order valence-electron chi connectivity index (χ4n) is 1.04. The van der Waals surface area contributed by atoms with Crippen LogP contribution in [0.15, 0.2) is 29.4 Å². The minimum Gasteiger partial charge on any atom is -0.287 e. The molecule has 1 aliphatic rings. The first-order chi connectivity index (χ1) is 5.77. The Morgan fingerprint density at radius 2 is 2.17 bits per heavy atom. The number of nitrogens with zero attached hydrogens (tertiary/aromatic N) is 2. The van der Waals surface area contributed by atoms with E-state index >= 15 is 0 Å². The van der Waals surface area contributed by atoms with Gasteiger partial charge in [-0.3, -0.25) is 9.79 Å². The van der Waals surface area contributed by atoms with Crippen LogP contribution in [0, 0.1) is 0 Å². The Bertz CT molecular complexity index is 474. The Labute approximate surface area is 68.8 Å². The van der Waals surface area contributed by atoms with Crippen molar-refractivity contribution in [3.63, 3.8) is 0 Å². The van der Waals surface area contributed by atoms with Crippen LogP contribution in [0.1, 0.15) is 10.5 Å². The third-order valence-electron chi connectivity index (χ3n) is 1.60. The zero-order chi connectivity index (χ0) is 8.55. The summed E-state index contributed by atoms with van der Waals surface area (Å²) >= 11 is 0. The molecule has 0 bridgehead atoms. The van der Waals surface area contributed by atoms with Gasteiger partial charge in [-0.25, -0.2) is 4.98 Å². The van der Waals surface area contributed by atoms with E-state index in [4.69, 9.17) is 0 Å². The molecule has 1 aliphatic heterocycles. The lowest BCUT2D eigenvalue weighted by Crippen LogP contribution is -2.24. The second kappa shape index (κ2) is 2.37. The van der Waals surface area contributed by atoms with E-state index in [9.17, 15) is 4.79 Å². The maximum Gasteiger partial charge on any atom is 0.207 e. The third kappa shape index (κ3) is 0.955. The molecule has 3 nitrogen and oxygen atoms in total. The summed E-state index contributed by atoms with van der Waals surface area (Å²) in [4.78, 5) is 19.2. The summed E-state index contributed by atoms with van der Waals surface area (Å²) in [5, 5.41) is 1.21. The lowest BCUT2D eigenvalue weighted by atomic mass is 10.2. The zero-order valence-electron chi connectivity index (χ0n) is 6.32. The third-order valence-corrected chi connectivity index (χ3v) is 1.60. The minimum absolute atomic E-state index is 0.106. The largest absolute Gasteiger partial charge is 0.287 e. The maximum atomic E-state index is 11.2. The highest BCUT2D eigenvalue weighted by Crippen LogP contribution is 1.93. The van der Waals surface area contributed by atoms with Crippen molar-refractivity contribution in [2.75, 3.05) is 0 Å². The van der Waals surface area contributed by atoms with Gasteiger partial charge in [-0.05, 0) is 12.1 Å². The molecule has 0 aromatic carbocycles. The van der Waals surface area contributed by atoms with Gasteiger partial charge in [-0.2, -0.15) is 0 Å². The van der Waals surface area contributed by atoms with E-state index in [0.717, 1.165) is 0 Å². The van der Waals surface area contributed by atoms with Crippen molar-refractivity contribution in [2.45, 2.75) is 0 Å². The molecule has 0 amide bonds. The van der Waals surface area contributed by atoms with Gasteiger partial charge in [-0.1, -0.05) is 6.58 Å². The molecule has 0 spiro atoms. The number of aromatic nitrogens is 1. The first kappa shape index (κ1) is 6.91. The van der Waals surface area contributed by atoms with Crippen LogP contribution in [0.3, 0.4) is 0 Å². The monoisotopic (exact) mass is 158 g/mol. The van der Waals surface area contributed by atoms with Gasteiger partial charge < -0.3 is 0 Å². The van der Waals surface area contributed by atoms with Crippen LogP contribution in [0.5, 0.6) is 0 Å². The number of fused-ring (bicyclic) bond motifs is 1. The number of carbonyl (C=O) groups is 1. The Hall–Kier alpha value is -1.77. The molecule has 0 unspecified atom stereocenters. The molecule has 0 atom stereocenters. The molecule has 0 saturated carbocycles. The van der Waals surface area contributed by atoms with Crippen molar-refractivity contribution in [3.05, 3.63) is 40.8 Å². The van der Waals surface area contributed by atoms with E-state index in [1.54, 1.807) is 12.1 Å². The minimum atomic E-state index is -0.106. The van der Waals surface area contributed by atoms with Gasteiger partial charge in [0.2, 0.25) is 5.78 Å². The topological polar surface area (TPSA) is 42.3 Å². The number of pyridine rings is 1. The fourth-order valence-corrected chi connectivity index (χ4v) is 1.04. The van der Waals surface area contributed by atoms with E-state index in [0.29, 0.717) is 16.4 Å². The van der Waals surface area contributed by atoms with E-state index in [-0.39, 0.29) is 5.78 Å². The summed E-state index contributed by atoms with van der Waals surface area (Å²) in [5.41, 5.74) is 0.394. The SMILES string of the molecule is C=c1ccc2c(n1)C(=O)C=CN=2. The molecule has 1 aromatic heterocycles. The van der Waals surface area contributed by atoms with Crippen molar-refractivity contribution in [2.24, 2.45) is 4.99 Å². The lowest BCUT2D eigenvalue weighted by molar-refractivity contribution is 0.103. The molecular formula is C9H6N2O. The molecule has 1 aromatic rings. The zero-order valence-corrected chi connectivity index (χ0v) is 6.32. The lowest BCUT2D eigenvalue weighted by Gasteiger charge is -1.98. The predicted molar refractivity (Wildman–Crippen MR) is 44.0 cm³/mol. The predicted octanol–water partition coefficient (Wildman–Crippen LogP) is -0.178. The number of hydrogen-bond donors (Lipinski definition) is 0. The molecule has 3 heteroatoms. The fraction of sp³-hybridized carbons (Fsp3) is 0. The van der Waals surface area contributed by atoms with Crippen molar-refractivity contribution in [1.29, 1.82) is 0 Å². The van der Waals surface area contributed by atoms with Gasteiger partial charge in [-0.15, -0.1) is 0 Å². The molecule has 2 rings (SSSR count). The van der Waals surface area contributed by atoms with E-state index in [1.165, 1.54) is 12.3 Å².